The quantitative estimate of drug-likeness (QED) is 0.822. The van der Waals surface area contributed by atoms with Gasteiger partial charge in [0, 0.05) is 17.3 Å². The SMILES string of the molecule is COc1cc(C=NC(C)(C)C)c(O)c(C(C)(C)C)c1. The van der Waals surface area contributed by atoms with Gasteiger partial charge in [-0.15, -0.1) is 0 Å². The summed E-state index contributed by atoms with van der Waals surface area (Å²) < 4.78 is 5.30. The molecule has 0 bridgehead atoms. The predicted octanol–water partition coefficient (Wildman–Crippen LogP) is 3.92. The first kappa shape index (κ1) is 15.5. The third-order valence-electron chi connectivity index (χ3n) is 2.75. The number of hydrogen-bond acceptors (Lipinski definition) is 3. The predicted molar refractivity (Wildman–Crippen MR) is 80.7 cm³/mol. The van der Waals surface area contributed by atoms with Crippen molar-refractivity contribution in [2.24, 2.45) is 4.99 Å². The van der Waals surface area contributed by atoms with Gasteiger partial charge in [-0.1, -0.05) is 20.8 Å². The first-order valence-electron chi connectivity index (χ1n) is 6.51. The third-order valence-corrected chi connectivity index (χ3v) is 2.75. The number of aromatic hydroxyl groups is 1. The minimum absolute atomic E-state index is 0.150. The second-order valence-corrected chi connectivity index (χ2v) is 6.79. The highest BCUT2D eigenvalue weighted by molar-refractivity contribution is 5.85. The van der Waals surface area contributed by atoms with Crippen LogP contribution >= 0.6 is 0 Å². The van der Waals surface area contributed by atoms with Crippen LogP contribution in [0.25, 0.3) is 0 Å². The van der Waals surface area contributed by atoms with E-state index in [9.17, 15) is 5.11 Å². The number of hydrogen-bond donors (Lipinski definition) is 1. The maximum Gasteiger partial charge on any atom is 0.128 e. The molecule has 106 valence electrons. The highest BCUT2D eigenvalue weighted by atomic mass is 16.5. The van der Waals surface area contributed by atoms with Crippen LogP contribution in [0.4, 0.5) is 0 Å². The molecule has 1 N–H and O–H groups in total. The van der Waals surface area contributed by atoms with E-state index >= 15 is 0 Å². The second kappa shape index (κ2) is 5.24. The van der Waals surface area contributed by atoms with Crippen LogP contribution < -0.4 is 4.74 Å². The van der Waals surface area contributed by atoms with Gasteiger partial charge in [-0.05, 0) is 38.3 Å². The average Bonchev–Trinajstić information content (AvgIpc) is 2.25. The van der Waals surface area contributed by atoms with Gasteiger partial charge in [0.2, 0.25) is 0 Å². The smallest absolute Gasteiger partial charge is 0.128 e. The van der Waals surface area contributed by atoms with Crippen LogP contribution in [0.2, 0.25) is 0 Å². The van der Waals surface area contributed by atoms with Gasteiger partial charge in [0.15, 0.2) is 0 Å². The molecule has 3 nitrogen and oxygen atoms in total. The molecule has 0 aromatic heterocycles. The summed E-state index contributed by atoms with van der Waals surface area (Å²) in [7, 11) is 1.63. The van der Waals surface area contributed by atoms with Gasteiger partial charge in [-0.3, -0.25) is 4.99 Å². The Balaban J connectivity index is 3.36. The van der Waals surface area contributed by atoms with E-state index in [2.05, 4.69) is 25.8 Å². The molecule has 0 amide bonds. The number of phenols is 1. The molecule has 0 spiro atoms. The van der Waals surface area contributed by atoms with Crippen molar-refractivity contribution in [2.75, 3.05) is 7.11 Å². The second-order valence-electron chi connectivity index (χ2n) is 6.79. The molecule has 0 fully saturated rings. The number of benzene rings is 1. The van der Waals surface area contributed by atoms with Crippen molar-refractivity contribution in [3.05, 3.63) is 23.3 Å². The number of aliphatic imine (C=N–C) groups is 1. The maximum absolute atomic E-state index is 10.4. The first-order valence-corrected chi connectivity index (χ1v) is 6.51. The van der Waals surface area contributed by atoms with Crippen molar-refractivity contribution in [1.29, 1.82) is 0 Å². The van der Waals surface area contributed by atoms with Gasteiger partial charge in [0.05, 0.1) is 12.6 Å². The van der Waals surface area contributed by atoms with E-state index in [1.165, 1.54) is 0 Å². The van der Waals surface area contributed by atoms with E-state index in [4.69, 9.17) is 4.74 Å². The van der Waals surface area contributed by atoms with E-state index in [0.29, 0.717) is 5.56 Å². The fraction of sp³-hybridized carbons (Fsp3) is 0.562. The fourth-order valence-corrected chi connectivity index (χ4v) is 1.68. The Morgan fingerprint density at radius 2 is 1.68 bits per heavy atom. The molecule has 19 heavy (non-hydrogen) atoms. The van der Waals surface area contributed by atoms with Gasteiger partial charge in [0.1, 0.15) is 11.5 Å². The monoisotopic (exact) mass is 263 g/mol. The lowest BCUT2D eigenvalue weighted by atomic mass is 9.85. The molecule has 3 heteroatoms. The number of ether oxygens (including phenoxy) is 1. The van der Waals surface area contributed by atoms with E-state index in [-0.39, 0.29) is 16.7 Å². The molecule has 0 saturated heterocycles. The zero-order valence-electron chi connectivity index (χ0n) is 13.0. The molecule has 0 aliphatic rings. The van der Waals surface area contributed by atoms with Crippen LogP contribution in [0, 0.1) is 0 Å². The lowest BCUT2D eigenvalue weighted by Crippen LogP contribution is -2.13. The highest BCUT2D eigenvalue weighted by Gasteiger charge is 2.21. The van der Waals surface area contributed by atoms with Crippen molar-refractivity contribution >= 4 is 6.21 Å². The summed E-state index contributed by atoms with van der Waals surface area (Å²) in [5.74, 6) is 1.01. The maximum atomic E-state index is 10.4. The zero-order valence-corrected chi connectivity index (χ0v) is 13.0. The minimum atomic E-state index is -0.169. The van der Waals surface area contributed by atoms with Crippen LogP contribution in [-0.4, -0.2) is 24.0 Å². The van der Waals surface area contributed by atoms with E-state index in [1.807, 2.05) is 26.8 Å². The molecule has 0 aliphatic carbocycles. The van der Waals surface area contributed by atoms with Crippen molar-refractivity contribution in [3.8, 4) is 11.5 Å². The molecule has 1 aromatic carbocycles. The molecule has 0 atom stereocenters. The molecule has 0 radical (unpaired) electrons. The Morgan fingerprint density at radius 3 is 2.11 bits per heavy atom. The van der Waals surface area contributed by atoms with E-state index < -0.39 is 0 Å². The van der Waals surface area contributed by atoms with Crippen LogP contribution in [-0.2, 0) is 5.41 Å². The van der Waals surface area contributed by atoms with Gasteiger partial charge in [-0.25, -0.2) is 0 Å². The molecule has 0 heterocycles. The van der Waals surface area contributed by atoms with Crippen molar-refractivity contribution in [1.82, 2.24) is 0 Å². The van der Waals surface area contributed by atoms with E-state index in [0.717, 1.165) is 11.3 Å². The first-order chi connectivity index (χ1) is 8.54. The summed E-state index contributed by atoms with van der Waals surface area (Å²) in [5, 5.41) is 10.4. The normalized spacial score (nSPS) is 13.0. The Labute approximate surface area is 116 Å². The zero-order chi connectivity index (χ0) is 14.8. The number of rotatable bonds is 2. The van der Waals surface area contributed by atoms with E-state index in [1.54, 1.807) is 19.4 Å². The largest absolute Gasteiger partial charge is 0.507 e. The number of methoxy groups -OCH3 is 1. The van der Waals surface area contributed by atoms with Gasteiger partial charge in [0.25, 0.3) is 0 Å². The molecular weight excluding hydrogens is 238 g/mol. The lowest BCUT2D eigenvalue weighted by Gasteiger charge is -2.22. The minimum Gasteiger partial charge on any atom is -0.507 e. The summed E-state index contributed by atoms with van der Waals surface area (Å²) in [6.45, 7) is 12.2. The third kappa shape index (κ3) is 4.27. The van der Waals surface area contributed by atoms with Crippen molar-refractivity contribution in [3.63, 3.8) is 0 Å². The van der Waals surface area contributed by atoms with Crippen LogP contribution in [0.1, 0.15) is 52.7 Å². The van der Waals surface area contributed by atoms with Crippen molar-refractivity contribution < 1.29 is 9.84 Å². The van der Waals surface area contributed by atoms with Crippen LogP contribution in [0.15, 0.2) is 17.1 Å². The lowest BCUT2D eigenvalue weighted by molar-refractivity contribution is 0.405. The average molecular weight is 263 g/mol. The number of phenolic OH excluding ortho intramolecular Hbond substituents is 1. The summed E-state index contributed by atoms with van der Waals surface area (Å²) in [6.07, 6.45) is 1.72. The van der Waals surface area contributed by atoms with Gasteiger partial charge in [-0.2, -0.15) is 0 Å². The Bertz CT molecular complexity index is 477. The Morgan fingerprint density at radius 1 is 1.11 bits per heavy atom. The topological polar surface area (TPSA) is 41.8 Å². The van der Waals surface area contributed by atoms with Crippen LogP contribution in [0.5, 0.6) is 11.5 Å². The standard InChI is InChI=1S/C16H25NO2/c1-15(2,3)13-9-12(19-7)8-11(14(13)18)10-17-16(4,5)6/h8-10,18H,1-7H3. The van der Waals surface area contributed by atoms with Gasteiger partial charge < -0.3 is 9.84 Å². The summed E-state index contributed by atoms with van der Waals surface area (Å²) in [6, 6.07) is 3.68. The van der Waals surface area contributed by atoms with Crippen LogP contribution in [0.3, 0.4) is 0 Å². The molecule has 0 unspecified atom stereocenters. The van der Waals surface area contributed by atoms with Crippen molar-refractivity contribution in [2.45, 2.75) is 52.5 Å². The Hall–Kier alpha value is -1.51. The molecule has 1 aromatic rings. The summed E-state index contributed by atoms with van der Waals surface area (Å²) in [4.78, 5) is 4.45. The molecular formula is C16H25NO2. The Kier molecular flexibility index (Phi) is 4.28. The molecule has 0 saturated carbocycles. The molecule has 1 rings (SSSR count). The van der Waals surface area contributed by atoms with Gasteiger partial charge >= 0.3 is 0 Å². The summed E-state index contributed by atoms with van der Waals surface area (Å²) >= 11 is 0. The fourth-order valence-electron chi connectivity index (χ4n) is 1.68. The number of nitrogens with zero attached hydrogens (tertiary/aromatic N) is 1. The highest BCUT2D eigenvalue weighted by Crippen LogP contribution is 2.36. The molecule has 0 aliphatic heterocycles. The summed E-state index contributed by atoms with van der Waals surface area (Å²) in [5.41, 5.74) is 1.24.